The van der Waals surface area contributed by atoms with Gasteiger partial charge in [-0.05, 0) is 31.0 Å². The van der Waals surface area contributed by atoms with Crippen LogP contribution in [0, 0.1) is 6.92 Å². The molecule has 4 rings (SSSR count). The number of carbonyl (C=O) groups excluding carboxylic acids is 1. The van der Waals surface area contributed by atoms with E-state index in [4.69, 9.17) is 0 Å². The molecule has 0 aliphatic carbocycles. The first-order valence-corrected chi connectivity index (χ1v) is 9.09. The molecule has 1 aliphatic rings. The van der Waals surface area contributed by atoms with Crippen LogP contribution in [0.4, 0.5) is 5.95 Å². The average Bonchev–Trinajstić information content (AvgIpc) is 2.93. The highest BCUT2D eigenvalue weighted by Crippen LogP contribution is 2.16. The van der Waals surface area contributed by atoms with E-state index >= 15 is 0 Å². The number of benzene rings is 1. The summed E-state index contributed by atoms with van der Waals surface area (Å²) in [6, 6.07) is 14.1. The first-order chi connectivity index (χ1) is 12.7. The summed E-state index contributed by atoms with van der Waals surface area (Å²) < 4.78 is 2.00. The molecule has 1 amide bonds. The zero-order chi connectivity index (χ0) is 17.9. The van der Waals surface area contributed by atoms with Crippen molar-refractivity contribution in [2.24, 2.45) is 0 Å². The predicted molar refractivity (Wildman–Crippen MR) is 101 cm³/mol. The number of hydrogen-bond acceptors (Lipinski definition) is 4. The molecule has 0 unspecified atom stereocenters. The van der Waals surface area contributed by atoms with Crippen molar-refractivity contribution in [2.45, 2.75) is 19.8 Å². The van der Waals surface area contributed by atoms with Gasteiger partial charge < -0.3 is 9.80 Å². The lowest BCUT2D eigenvalue weighted by molar-refractivity contribution is -0.130. The molecular weight excluding hydrogens is 326 g/mol. The summed E-state index contributed by atoms with van der Waals surface area (Å²) in [5.74, 6) is 1.05. The minimum Gasteiger partial charge on any atom is -0.341 e. The Morgan fingerprint density at radius 1 is 1.00 bits per heavy atom. The Bertz CT molecular complexity index is 902. The van der Waals surface area contributed by atoms with Gasteiger partial charge in [0.2, 0.25) is 11.9 Å². The quantitative estimate of drug-likeness (QED) is 0.728. The van der Waals surface area contributed by atoms with Crippen LogP contribution in [-0.2, 0) is 11.2 Å². The summed E-state index contributed by atoms with van der Waals surface area (Å²) >= 11 is 0. The topological polar surface area (TPSA) is 53.7 Å². The van der Waals surface area contributed by atoms with Gasteiger partial charge in [0.15, 0.2) is 5.65 Å². The number of anilines is 1. The van der Waals surface area contributed by atoms with Gasteiger partial charge in [-0.15, -0.1) is 10.2 Å². The van der Waals surface area contributed by atoms with Crippen LogP contribution in [0.25, 0.3) is 5.65 Å². The summed E-state index contributed by atoms with van der Waals surface area (Å²) in [4.78, 5) is 16.9. The molecule has 0 spiro atoms. The lowest BCUT2D eigenvalue weighted by Gasteiger charge is -2.22. The highest BCUT2D eigenvalue weighted by atomic mass is 16.2. The molecule has 0 atom stereocenters. The standard InChI is InChI=1S/C20H23N5O/c1-16-6-8-17(9-7-16)15-19(26)23-10-4-11-24(14-13-23)20-22-21-18-5-2-3-12-25(18)20/h2-3,5-9,12H,4,10-11,13-15H2,1H3. The van der Waals surface area contributed by atoms with E-state index in [1.54, 1.807) is 0 Å². The molecule has 0 bridgehead atoms. The van der Waals surface area contributed by atoms with Gasteiger partial charge in [-0.2, -0.15) is 0 Å². The molecule has 6 heteroatoms. The highest BCUT2D eigenvalue weighted by Gasteiger charge is 2.21. The van der Waals surface area contributed by atoms with Crippen LogP contribution >= 0.6 is 0 Å². The van der Waals surface area contributed by atoms with E-state index in [-0.39, 0.29) is 5.91 Å². The number of rotatable bonds is 3. The van der Waals surface area contributed by atoms with Gasteiger partial charge in [-0.25, -0.2) is 0 Å². The van der Waals surface area contributed by atoms with Crippen LogP contribution in [0.5, 0.6) is 0 Å². The second-order valence-corrected chi connectivity index (χ2v) is 6.81. The SMILES string of the molecule is Cc1ccc(CC(=O)N2CCCN(c3nnc4ccccn34)CC2)cc1. The molecule has 1 saturated heterocycles. The summed E-state index contributed by atoms with van der Waals surface area (Å²) in [6.07, 6.45) is 3.38. The molecule has 134 valence electrons. The lowest BCUT2D eigenvalue weighted by Crippen LogP contribution is -2.36. The van der Waals surface area contributed by atoms with Gasteiger partial charge in [0.25, 0.3) is 0 Å². The maximum Gasteiger partial charge on any atom is 0.231 e. The third-order valence-electron chi connectivity index (χ3n) is 4.90. The number of fused-ring (bicyclic) bond motifs is 1. The molecule has 1 fully saturated rings. The van der Waals surface area contributed by atoms with Crippen LogP contribution in [0.3, 0.4) is 0 Å². The Kier molecular flexibility index (Phi) is 4.56. The smallest absolute Gasteiger partial charge is 0.231 e. The Labute approximate surface area is 153 Å². The van der Waals surface area contributed by atoms with Crippen LogP contribution in [0.2, 0.25) is 0 Å². The van der Waals surface area contributed by atoms with E-state index < -0.39 is 0 Å². The van der Waals surface area contributed by atoms with E-state index in [2.05, 4.69) is 34.2 Å². The maximum atomic E-state index is 12.7. The van der Waals surface area contributed by atoms with Gasteiger partial charge in [-0.1, -0.05) is 35.9 Å². The van der Waals surface area contributed by atoms with Gasteiger partial charge in [-0.3, -0.25) is 9.20 Å². The number of amides is 1. The number of pyridine rings is 1. The summed E-state index contributed by atoms with van der Waals surface area (Å²) in [7, 11) is 0. The largest absolute Gasteiger partial charge is 0.341 e. The van der Waals surface area contributed by atoms with Crippen LogP contribution in [-0.4, -0.2) is 51.6 Å². The van der Waals surface area contributed by atoms with Crippen molar-refractivity contribution in [3.05, 3.63) is 59.8 Å². The van der Waals surface area contributed by atoms with Crippen LogP contribution in [0.1, 0.15) is 17.5 Å². The molecule has 0 radical (unpaired) electrons. The van der Waals surface area contributed by atoms with Crippen LogP contribution < -0.4 is 4.90 Å². The monoisotopic (exact) mass is 349 g/mol. The fraction of sp³-hybridized carbons (Fsp3) is 0.350. The Balaban J connectivity index is 1.43. The fourth-order valence-corrected chi connectivity index (χ4v) is 3.40. The van der Waals surface area contributed by atoms with E-state index in [1.165, 1.54) is 5.56 Å². The number of carbonyl (C=O) groups is 1. The van der Waals surface area contributed by atoms with Gasteiger partial charge in [0.1, 0.15) is 0 Å². The predicted octanol–water partition coefficient (Wildman–Crippen LogP) is 2.32. The van der Waals surface area contributed by atoms with Gasteiger partial charge in [0.05, 0.1) is 6.42 Å². The maximum absolute atomic E-state index is 12.7. The summed E-state index contributed by atoms with van der Waals surface area (Å²) in [5, 5.41) is 8.57. The van der Waals surface area contributed by atoms with E-state index in [9.17, 15) is 4.79 Å². The molecule has 3 aromatic rings. The van der Waals surface area contributed by atoms with Crippen molar-refractivity contribution in [1.29, 1.82) is 0 Å². The molecule has 1 aromatic carbocycles. The molecule has 1 aliphatic heterocycles. The van der Waals surface area contributed by atoms with Crippen molar-refractivity contribution < 1.29 is 4.79 Å². The summed E-state index contributed by atoms with van der Waals surface area (Å²) in [6.45, 7) is 5.22. The van der Waals surface area contributed by atoms with E-state index in [1.807, 2.05) is 45.8 Å². The second-order valence-electron chi connectivity index (χ2n) is 6.81. The molecular formula is C20H23N5O. The van der Waals surface area contributed by atoms with E-state index in [0.717, 1.165) is 43.2 Å². The molecule has 0 saturated carbocycles. The van der Waals surface area contributed by atoms with Gasteiger partial charge in [0, 0.05) is 32.4 Å². The lowest BCUT2D eigenvalue weighted by atomic mass is 10.1. The third kappa shape index (κ3) is 3.40. The zero-order valence-corrected chi connectivity index (χ0v) is 15.0. The first kappa shape index (κ1) is 16.6. The molecule has 3 heterocycles. The third-order valence-corrected chi connectivity index (χ3v) is 4.90. The molecule has 26 heavy (non-hydrogen) atoms. The number of hydrogen-bond donors (Lipinski definition) is 0. The zero-order valence-electron chi connectivity index (χ0n) is 15.0. The van der Waals surface area contributed by atoms with Crippen molar-refractivity contribution in [1.82, 2.24) is 19.5 Å². The Hall–Kier alpha value is -2.89. The second kappa shape index (κ2) is 7.15. The number of aryl methyl sites for hydroxylation is 1. The average molecular weight is 349 g/mol. The van der Waals surface area contributed by atoms with Crippen molar-refractivity contribution >= 4 is 17.5 Å². The van der Waals surface area contributed by atoms with Crippen molar-refractivity contribution in [3.63, 3.8) is 0 Å². The minimum atomic E-state index is 0.196. The Morgan fingerprint density at radius 2 is 1.85 bits per heavy atom. The number of aromatic nitrogens is 3. The molecule has 2 aromatic heterocycles. The van der Waals surface area contributed by atoms with Crippen molar-refractivity contribution in [2.75, 3.05) is 31.1 Å². The summed E-state index contributed by atoms with van der Waals surface area (Å²) in [5.41, 5.74) is 3.14. The van der Waals surface area contributed by atoms with Crippen LogP contribution in [0.15, 0.2) is 48.7 Å². The first-order valence-electron chi connectivity index (χ1n) is 9.09. The Morgan fingerprint density at radius 3 is 2.69 bits per heavy atom. The fourth-order valence-electron chi connectivity index (χ4n) is 3.40. The minimum absolute atomic E-state index is 0.196. The molecule has 0 N–H and O–H groups in total. The van der Waals surface area contributed by atoms with Crippen molar-refractivity contribution in [3.8, 4) is 0 Å². The highest BCUT2D eigenvalue weighted by molar-refractivity contribution is 5.78. The normalized spacial score (nSPS) is 15.3. The van der Waals surface area contributed by atoms with Gasteiger partial charge >= 0.3 is 0 Å². The van der Waals surface area contributed by atoms with E-state index in [0.29, 0.717) is 13.0 Å². The number of nitrogens with zero attached hydrogens (tertiary/aromatic N) is 5. The molecule has 6 nitrogen and oxygen atoms in total.